The first-order chi connectivity index (χ1) is 19.1. The molecular formula is C31H23FN4O3. The molecule has 0 saturated carbocycles. The fraction of sp³-hybridized carbons (Fsp3) is 0.0645. The molecule has 0 saturated heterocycles. The molecule has 6 rings (SSSR count). The maximum Gasteiger partial charge on any atom is 0.227 e. The van der Waals surface area contributed by atoms with Crippen LogP contribution in [-0.4, -0.2) is 34.2 Å². The van der Waals surface area contributed by atoms with Crippen LogP contribution < -0.4 is 9.47 Å². The van der Waals surface area contributed by atoms with E-state index >= 15 is 0 Å². The lowest BCUT2D eigenvalue weighted by molar-refractivity contribution is 0.414. The van der Waals surface area contributed by atoms with Gasteiger partial charge in [0.05, 0.1) is 26.1 Å². The average molecular weight is 519 g/mol. The SMILES string of the molecule is COc1ccc(-c2nc(-c3cccc(-n4cc(-c5cccc(F)c5)nn4)c3)oc2-c2ccc(OC)cc2)cc1. The van der Waals surface area contributed by atoms with Crippen LogP contribution in [0, 0.1) is 5.82 Å². The molecule has 192 valence electrons. The van der Waals surface area contributed by atoms with Crippen LogP contribution in [0.2, 0.25) is 0 Å². The summed E-state index contributed by atoms with van der Waals surface area (Å²) in [5, 5.41) is 8.47. The van der Waals surface area contributed by atoms with E-state index in [1.54, 1.807) is 37.2 Å². The van der Waals surface area contributed by atoms with Gasteiger partial charge in [0.1, 0.15) is 28.7 Å². The minimum atomic E-state index is -0.326. The van der Waals surface area contributed by atoms with Crippen molar-refractivity contribution in [3.63, 3.8) is 0 Å². The van der Waals surface area contributed by atoms with Gasteiger partial charge in [-0.05, 0) is 78.9 Å². The molecule has 2 aromatic heterocycles. The van der Waals surface area contributed by atoms with E-state index in [0.29, 0.717) is 28.6 Å². The normalized spacial score (nSPS) is 10.9. The van der Waals surface area contributed by atoms with Crippen molar-refractivity contribution in [2.75, 3.05) is 14.2 Å². The zero-order valence-corrected chi connectivity index (χ0v) is 21.2. The Morgan fingerprint density at radius 2 is 1.38 bits per heavy atom. The topological polar surface area (TPSA) is 75.2 Å². The summed E-state index contributed by atoms with van der Waals surface area (Å²) in [6.07, 6.45) is 1.76. The van der Waals surface area contributed by atoms with Gasteiger partial charge in [-0.25, -0.2) is 14.1 Å². The van der Waals surface area contributed by atoms with Crippen molar-refractivity contribution in [3.8, 4) is 62.5 Å². The molecule has 7 nitrogen and oxygen atoms in total. The largest absolute Gasteiger partial charge is 0.497 e. The maximum absolute atomic E-state index is 13.7. The Morgan fingerprint density at radius 3 is 2.08 bits per heavy atom. The quantitative estimate of drug-likeness (QED) is 0.225. The molecule has 0 N–H and O–H groups in total. The fourth-order valence-corrected chi connectivity index (χ4v) is 4.28. The molecule has 0 unspecified atom stereocenters. The molecule has 0 fully saturated rings. The summed E-state index contributed by atoms with van der Waals surface area (Å²) in [5.41, 5.74) is 5.22. The number of ether oxygens (including phenoxy) is 2. The second-order valence-electron chi connectivity index (χ2n) is 8.76. The van der Waals surface area contributed by atoms with Crippen LogP contribution in [0.1, 0.15) is 0 Å². The molecule has 4 aromatic carbocycles. The third-order valence-corrected chi connectivity index (χ3v) is 6.31. The number of aromatic nitrogens is 4. The number of benzene rings is 4. The van der Waals surface area contributed by atoms with Gasteiger partial charge < -0.3 is 13.9 Å². The molecule has 8 heteroatoms. The summed E-state index contributed by atoms with van der Waals surface area (Å²) < 4.78 is 32.4. The van der Waals surface area contributed by atoms with Crippen LogP contribution in [0.4, 0.5) is 4.39 Å². The molecule has 0 aliphatic carbocycles. The second-order valence-corrected chi connectivity index (χ2v) is 8.76. The van der Waals surface area contributed by atoms with Crippen molar-refractivity contribution in [2.45, 2.75) is 0 Å². The second kappa shape index (κ2) is 10.3. The van der Waals surface area contributed by atoms with Gasteiger partial charge in [-0.1, -0.05) is 23.4 Å². The van der Waals surface area contributed by atoms with Gasteiger partial charge in [-0.2, -0.15) is 0 Å². The smallest absolute Gasteiger partial charge is 0.227 e. The zero-order valence-electron chi connectivity index (χ0n) is 21.2. The van der Waals surface area contributed by atoms with E-state index in [2.05, 4.69) is 10.3 Å². The first-order valence-electron chi connectivity index (χ1n) is 12.2. The highest BCUT2D eigenvalue weighted by Crippen LogP contribution is 2.37. The number of hydrogen-bond acceptors (Lipinski definition) is 6. The van der Waals surface area contributed by atoms with Crippen molar-refractivity contribution < 1.29 is 18.3 Å². The lowest BCUT2D eigenvalue weighted by Crippen LogP contribution is -1.95. The molecule has 0 radical (unpaired) electrons. The summed E-state index contributed by atoms with van der Waals surface area (Å²) in [4.78, 5) is 4.90. The van der Waals surface area contributed by atoms with E-state index in [-0.39, 0.29) is 5.82 Å². The predicted molar refractivity (Wildman–Crippen MR) is 146 cm³/mol. The monoisotopic (exact) mass is 518 g/mol. The van der Waals surface area contributed by atoms with Gasteiger partial charge in [0.25, 0.3) is 0 Å². The summed E-state index contributed by atoms with van der Waals surface area (Å²) in [7, 11) is 3.27. The van der Waals surface area contributed by atoms with Gasteiger partial charge in [0.15, 0.2) is 5.76 Å². The zero-order chi connectivity index (χ0) is 26.8. The molecule has 0 spiro atoms. The van der Waals surface area contributed by atoms with E-state index in [4.69, 9.17) is 18.9 Å². The van der Waals surface area contributed by atoms with E-state index < -0.39 is 0 Å². The predicted octanol–water partition coefficient (Wildman–Crippen LogP) is 7.08. The van der Waals surface area contributed by atoms with Crippen LogP contribution in [0.25, 0.3) is 51.0 Å². The van der Waals surface area contributed by atoms with E-state index in [1.165, 1.54) is 12.1 Å². The van der Waals surface area contributed by atoms with Gasteiger partial charge >= 0.3 is 0 Å². The number of methoxy groups -OCH3 is 2. The minimum absolute atomic E-state index is 0.326. The van der Waals surface area contributed by atoms with E-state index in [1.807, 2.05) is 72.8 Å². The van der Waals surface area contributed by atoms with Crippen molar-refractivity contribution in [1.82, 2.24) is 20.0 Å². The Kier molecular flexibility index (Phi) is 6.34. The number of oxazole rings is 1. The summed E-state index contributed by atoms with van der Waals surface area (Å²) >= 11 is 0. The van der Waals surface area contributed by atoms with Crippen LogP contribution >= 0.6 is 0 Å². The van der Waals surface area contributed by atoms with Crippen LogP contribution in [-0.2, 0) is 0 Å². The van der Waals surface area contributed by atoms with Crippen molar-refractivity contribution >= 4 is 0 Å². The number of hydrogen-bond donors (Lipinski definition) is 0. The molecular weight excluding hydrogens is 495 g/mol. The molecule has 6 aromatic rings. The third-order valence-electron chi connectivity index (χ3n) is 6.31. The van der Waals surface area contributed by atoms with Gasteiger partial charge in [-0.3, -0.25) is 0 Å². The van der Waals surface area contributed by atoms with Crippen LogP contribution in [0.15, 0.2) is 108 Å². The Labute approximate surface area is 224 Å². The number of rotatable bonds is 7. The number of nitrogens with zero attached hydrogens (tertiary/aromatic N) is 4. The highest BCUT2D eigenvalue weighted by Gasteiger charge is 2.19. The third kappa shape index (κ3) is 4.87. The molecule has 2 heterocycles. The highest BCUT2D eigenvalue weighted by atomic mass is 19.1. The van der Waals surface area contributed by atoms with E-state index in [9.17, 15) is 4.39 Å². The lowest BCUT2D eigenvalue weighted by atomic mass is 10.1. The Hall–Kier alpha value is -5.24. The molecule has 39 heavy (non-hydrogen) atoms. The van der Waals surface area contributed by atoms with Crippen LogP contribution in [0.3, 0.4) is 0 Å². The molecule has 0 aliphatic heterocycles. The van der Waals surface area contributed by atoms with Crippen LogP contribution in [0.5, 0.6) is 11.5 Å². The Morgan fingerprint density at radius 1 is 0.718 bits per heavy atom. The van der Waals surface area contributed by atoms with Crippen molar-refractivity contribution in [2.24, 2.45) is 0 Å². The maximum atomic E-state index is 13.7. The first-order valence-corrected chi connectivity index (χ1v) is 12.2. The summed E-state index contributed by atoms with van der Waals surface area (Å²) in [6, 6.07) is 29.3. The van der Waals surface area contributed by atoms with Gasteiger partial charge in [0.2, 0.25) is 5.89 Å². The Balaban J connectivity index is 1.40. The van der Waals surface area contributed by atoms with E-state index in [0.717, 1.165) is 33.9 Å². The fourth-order valence-electron chi connectivity index (χ4n) is 4.28. The minimum Gasteiger partial charge on any atom is -0.497 e. The molecule has 0 amide bonds. The average Bonchev–Trinajstić information content (AvgIpc) is 3.66. The lowest BCUT2D eigenvalue weighted by Gasteiger charge is -2.04. The number of halogens is 1. The Bertz CT molecular complexity index is 1680. The van der Waals surface area contributed by atoms with Gasteiger partial charge in [0, 0.05) is 22.3 Å². The van der Waals surface area contributed by atoms with Crippen molar-refractivity contribution in [1.29, 1.82) is 0 Å². The summed E-state index contributed by atoms with van der Waals surface area (Å²) in [6.45, 7) is 0. The molecule has 0 atom stereocenters. The molecule has 0 aliphatic rings. The van der Waals surface area contributed by atoms with Gasteiger partial charge in [-0.15, -0.1) is 5.10 Å². The standard InChI is InChI=1S/C31H23FN4O3/c1-37-26-13-9-20(10-14-26)29-30(21-11-15-27(38-2)16-12-21)39-31(33-29)23-6-4-8-25(18-23)36-19-28(34-35-36)22-5-3-7-24(32)17-22/h3-19H,1-2H3. The first kappa shape index (κ1) is 24.1. The summed E-state index contributed by atoms with van der Waals surface area (Å²) in [5.74, 6) is 2.28. The highest BCUT2D eigenvalue weighted by molar-refractivity contribution is 5.79. The molecule has 0 bridgehead atoms. The van der Waals surface area contributed by atoms with Crippen molar-refractivity contribution in [3.05, 3.63) is 109 Å².